The van der Waals surface area contributed by atoms with Crippen LogP contribution in [0, 0.1) is 0 Å². The van der Waals surface area contributed by atoms with Crippen molar-refractivity contribution in [3.8, 4) is 0 Å². The van der Waals surface area contributed by atoms with Gasteiger partial charge in [-0.1, -0.05) is 18.2 Å². The van der Waals surface area contributed by atoms with Gasteiger partial charge >= 0.3 is 0 Å². The quantitative estimate of drug-likeness (QED) is 0.762. The number of hydrogen-bond acceptors (Lipinski definition) is 5. The van der Waals surface area contributed by atoms with Crippen molar-refractivity contribution in [3.05, 3.63) is 65.1 Å². The van der Waals surface area contributed by atoms with E-state index in [1.165, 1.54) is 30.5 Å². The molecule has 0 radical (unpaired) electrons. The molecule has 128 valence electrons. The molecule has 8 heteroatoms. The zero-order chi connectivity index (χ0) is 18.0. The lowest BCUT2D eigenvalue weighted by Gasteiger charge is -2.08. The number of sulfone groups is 1. The fraction of sp³-hybridized carbons (Fsp3) is 0.118. The third kappa shape index (κ3) is 3.74. The van der Waals surface area contributed by atoms with Crippen LogP contribution in [0.1, 0.15) is 0 Å². The molecule has 0 aliphatic carbocycles. The topological polar surface area (TPSA) is 98.1 Å². The first kappa shape index (κ1) is 16.8. The van der Waals surface area contributed by atoms with E-state index < -0.39 is 15.7 Å². The fourth-order valence-electron chi connectivity index (χ4n) is 2.36. The SMILES string of the molecule is CS(=O)(=O)c1ccc(NC(=O)Cn2ncc3ccccc3c2=O)cc1. The van der Waals surface area contributed by atoms with Crippen LogP contribution in [0.15, 0.2) is 64.4 Å². The lowest BCUT2D eigenvalue weighted by Crippen LogP contribution is -2.29. The summed E-state index contributed by atoms with van der Waals surface area (Å²) in [6, 6.07) is 12.8. The van der Waals surface area contributed by atoms with E-state index in [2.05, 4.69) is 10.4 Å². The molecule has 0 aliphatic heterocycles. The Hall–Kier alpha value is -3.00. The normalized spacial score (nSPS) is 11.4. The predicted molar refractivity (Wildman–Crippen MR) is 94.2 cm³/mol. The van der Waals surface area contributed by atoms with Crippen LogP contribution in [0.25, 0.3) is 10.8 Å². The van der Waals surface area contributed by atoms with Gasteiger partial charge in [0.05, 0.1) is 16.5 Å². The molecule has 1 amide bonds. The lowest BCUT2D eigenvalue weighted by atomic mass is 10.2. The average Bonchev–Trinajstić information content (AvgIpc) is 2.57. The summed E-state index contributed by atoms with van der Waals surface area (Å²) >= 11 is 0. The summed E-state index contributed by atoms with van der Waals surface area (Å²) in [5, 5.41) is 7.81. The number of rotatable bonds is 4. The summed E-state index contributed by atoms with van der Waals surface area (Å²) in [6.45, 7) is -0.239. The first-order valence-electron chi connectivity index (χ1n) is 7.39. The Balaban J connectivity index is 1.77. The number of carbonyl (C=O) groups excluding carboxylic acids is 1. The van der Waals surface area contributed by atoms with Gasteiger partial charge in [0.15, 0.2) is 9.84 Å². The summed E-state index contributed by atoms with van der Waals surface area (Å²) in [5.74, 6) is -0.433. The maximum atomic E-state index is 12.3. The van der Waals surface area contributed by atoms with Crippen LogP contribution in [0.5, 0.6) is 0 Å². The fourth-order valence-corrected chi connectivity index (χ4v) is 2.99. The molecule has 0 unspecified atom stereocenters. The summed E-state index contributed by atoms with van der Waals surface area (Å²) < 4.78 is 23.9. The minimum absolute atomic E-state index is 0.165. The molecule has 7 nitrogen and oxygen atoms in total. The van der Waals surface area contributed by atoms with E-state index in [9.17, 15) is 18.0 Å². The van der Waals surface area contributed by atoms with Gasteiger partial charge in [0.25, 0.3) is 5.56 Å². The highest BCUT2D eigenvalue weighted by atomic mass is 32.2. The summed E-state index contributed by atoms with van der Waals surface area (Å²) in [7, 11) is -3.29. The molecule has 0 spiro atoms. The van der Waals surface area contributed by atoms with Crippen LogP contribution in [0.3, 0.4) is 0 Å². The van der Waals surface area contributed by atoms with Gasteiger partial charge in [0, 0.05) is 17.3 Å². The van der Waals surface area contributed by atoms with E-state index in [0.29, 0.717) is 16.5 Å². The summed E-state index contributed by atoms with van der Waals surface area (Å²) in [4.78, 5) is 24.6. The van der Waals surface area contributed by atoms with E-state index in [1.807, 2.05) is 0 Å². The van der Waals surface area contributed by atoms with Gasteiger partial charge in [-0.25, -0.2) is 13.1 Å². The van der Waals surface area contributed by atoms with Crippen molar-refractivity contribution in [2.45, 2.75) is 11.4 Å². The number of aromatic nitrogens is 2. The zero-order valence-electron chi connectivity index (χ0n) is 13.3. The number of hydrogen-bond donors (Lipinski definition) is 1. The molecule has 0 saturated carbocycles. The molecule has 2 aromatic carbocycles. The number of amides is 1. The molecule has 3 rings (SSSR count). The monoisotopic (exact) mass is 357 g/mol. The van der Waals surface area contributed by atoms with Gasteiger partial charge in [-0.15, -0.1) is 0 Å². The molecule has 1 N–H and O–H groups in total. The van der Waals surface area contributed by atoms with Crippen molar-refractivity contribution in [2.75, 3.05) is 11.6 Å². The maximum absolute atomic E-state index is 12.3. The molecule has 1 heterocycles. The Bertz CT molecular complexity index is 1100. The standard InChI is InChI=1S/C17H15N3O4S/c1-25(23,24)14-8-6-13(7-9-14)19-16(21)11-20-17(22)15-5-3-2-4-12(15)10-18-20/h2-10H,11H2,1H3,(H,19,21). The molecular formula is C17H15N3O4S. The first-order valence-corrected chi connectivity index (χ1v) is 9.28. The third-order valence-electron chi connectivity index (χ3n) is 3.62. The second kappa shape index (κ2) is 6.48. The van der Waals surface area contributed by atoms with Crippen LogP contribution in [0.4, 0.5) is 5.69 Å². The maximum Gasteiger partial charge on any atom is 0.275 e. The molecule has 0 saturated heterocycles. The predicted octanol–water partition coefficient (Wildman–Crippen LogP) is 1.44. The van der Waals surface area contributed by atoms with Gasteiger partial charge in [-0.3, -0.25) is 9.59 Å². The minimum Gasteiger partial charge on any atom is -0.324 e. The van der Waals surface area contributed by atoms with Crippen LogP contribution in [0.2, 0.25) is 0 Å². The third-order valence-corrected chi connectivity index (χ3v) is 4.75. The van der Waals surface area contributed by atoms with Gasteiger partial charge in [0.2, 0.25) is 5.91 Å². The Kier molecular flexibility index (Phi) is 4.37. The van der Waals surface area contributed by atoms with Gasteiger partial charge in [0.1, 0.15) is 6.54 Å². The first-order chi connectivity index (χ1) is 11.8. The van der Waals surface area contributed by atoms with Crippen LogP contribution < -0.4 is 10.9 Å². The lowest BCUT2D eigenvalue weighted by molar-refractivity contribution is -0.117. The van der Waals surface area contributed by atoms with Gasteiger partial charge < -0.3 is 5.32 Å². The van der Waals surface area contributed by atoms with Crippen LogP contribution in [-0.2, 0) is 21.2 Å². The van der Waals surface area contributed by atoms with Crippen molar-refractivity contribution in [1.29, 1.82) is 0 Å². The van der Waals surface area contributed by atoms with Gasteiger partial charge in [-0.05, 0) is 30.3 Å². The second-order valence-electron chi connectivity index (χ2n) is 5.54. The van der Waals surface area contributed by atoms with E-state index in [0.717, 1.165) is 10.9 Å². The summed E-state index contributed by atoms with van der Waals surface area (Å²) in [5.41, 5.74) is 0.0897. The molecule has 0 fully saturated rings. The highest BCUT2D eigenvalue weighted by Crippen LogP contribution is 2.14. The number of fused-ring (bicyclic) bond motifs is 1. The highest BCUT2D eigenvalue weighted by molar-refractivity contribution is 7.90. The number of benzene rings is 2. The molecule has 0 bridgehead atoms. The van der Waals surface area contributed by atoms with E-state index in [1.54, 1.807) is 24.3 Å². The van der Waals surface area contributed by atoms with Crippen molar-refractivity contribution in [1.82, 2.24) is 9.78 Å². The van der Waals surface area contributed by atoms with Crippen molar-refractivity contribution < 1.29 is 13.2 Å². The van der Waals surface area contributed by atoms with Crippen molar-refractivity contribution >= 4 is 32.2 Å². The van der Waals surface area contributed by atoms with Crippen LogP contribution >= 0.6 is 0 Å². The molecule has 25 heavy (non-hydrogen) atoms. The molecule has 3 aromatic rings. The largest absolute Gasteiger partial charge is 0.324 e. The molecule has 0 atom stereocenters. The average molecular weight is 357 g/mol. The number of carbonyl (C=O) groups is 1. The Morgan fingerprint density at radius 2 is 1.80 bits per heavy atom. The minimum atomic E-state index is -3.29. The Labute approximate surface area is 143 Å². The number of anilines is 1. The van der Waals surface area contributed by atoms with Crippen molar-refractivity contribution in [2.24, 2.45) is 0 Å². The number of nitrogens with one attached hydrogen (secondary N) is 1. The second-order valence-corrected chi connectivity index (χ2v) is 7.56. The van der Waals surface area contributed by atoms with E-state index in [-0.39, 0.29) is 17.0 Å². The summed E-state index contributed by atoms with van der Waals surface area (Å²) in [6.07, 6.45) is 2.64. The van der Waals surface area contributed by atoms with E-state index >= 15 is 0 Å². The van der Waals surface area contributed by atoms with Gasteiger partial charge in [-0.2, -0.15) is 5.10 Å². The Morgan fingerprint density at radius 3 is 2.48 bits per heavy atom. The zero-order valence-corrected chi connectivity index (χ0v) is 14.2. The molecular weight excluding hydrogens is 342 g/mol. The smallest absolute Gasteiger partial charge is 0.275 e. The van der Waals surface area contributed by atoms with E-state index in [4.69, 9.17) is 0 Å². The molecule has 1 aromatic heterocycles. The number of nitrogens with zero attached hydrogens (tertiary/aromatic N) is 2. The highest BCUT2D eigenvalue weighted by Gasteiger charge is 2.10. The molecule has 0 aliphatic rings. The van der Waals surface area contributed by atoms with Crippen molar-refractivity contribution in [3.63, 3.8) is 0 Å². The van der Waals surface area contributed by atoms with Crippen LogP contribution in [-0.4, -0.2) is 30.4 Å². The Morgan fingerprint density at radius 1 is 1.12 bits per heavy atom.